The molecule has 2 aromatic rings. The van der Waals surface area contributed by atoms with Gasteiger partial charge in [0.25, 0.3) is 5.69 Å². The molecule has 332 valence electrons. The number of oxime groups is 1. The van der Waals surface area contributed by atoms with Crippen LogP contribution in [0.2, 0.25) is 0 Å². The van der Waals surface area contributed by atoms with Gasteiger partial charge in [-0.3, -0.25) is 15.0 Å². The molecule has 3 N–H and O–H groups in total. The number of hydrogen-bond acceptors (Lipinski definition) is 13. The number of benzene rings is 2. The maximum absolute atomic E-state index is 14.4. The van der Waals surface area contributed by atoms with Crippen molar-refractivity contribution in [1.82, 2.24) is 4.90 Å². The van der Waals surface area contributed by atoms with Crippen LogP contribution in [0.3, 0.4) is 0 Å². The lowest BCUT2D eigenvalue weighted by Gasteiger charge is -2.59. The van der Waals surface area contributed by atoms with Gasteiger partial charge in [-0.1, -0.05) is 48.9 Å². The van der Waals surface area contributed by atoms with Crippen molar-refractivity contribution in [1.29, 1.82) is 0 Å². The lowest BCUT2D eigenvalue weighted by atomic mass is 9.55. The molecule has 1 fully saturated rings. The van der Waals surface area contributed by atoms with Crippen molar-refractivity contribution in [2.24, 2.45) is 22.9 Å². The number of ether oxygens (including phenoxy) is 5. The van der Waals surface area contributed by atoms with Crippen molar-refractivity contribution in [3.05, 3.63) is 113 Å². The molecule has 0 saturated heterocycles. The number of nitro groups is 1. The molecule has 0 radical (unpaired) electrons. The number of carbonyl (C=O) groups excluding carboxylic acids is 1. The van der Waals surface area contributed by atoms with Gasteiger partial charge in [0.05, 0.1) is 49.6 Å². The molecule has 15 heteroatoms. The second-order valence-electron chi connectivity index (χ2n) is 15.3. The number of aliphatic hydroxyl groups is 3. The number of amides is 1. The Kier molecular flexibility index (Phi) is 18.3. The fourth-order valence-electron chi connectivity index (χ4n) is 8.81. The minimum Gasteiger partial charge on any atom is -0.490 e. The number of nitro benzene ring substituents is 1. The van der Waals surface area contributed by atoms with E-state index in [-0.39, 0.29) is 89.3 Å². The van der Waals surface area contributed by atoms with Gasteiger partial charge in [-0.05, 0) is 85.4 Å². The standard InChI is InChI=1S/C46H61N3O12/c1-4-7-26-58-45(53)48(20-27-56-28-23-52)42-31-40(47-60-32-33-14-16-35(17-15-33)49(54)55)38-29-34(12-8-10-21-50)37(13-9-11-22-51)43-39-30-36(57-24-5-2)18-19-41(39)61-46(42,44(38)43)59-25-6-3/h4-6,14-19,29-30,34,37,42-44,50-52H,1-3,7-13,20-28,31-32H2. The molecule has 1 saturated carbocycles. The summed E-state index contributed by atoms with van der Waals surface area (Å²) >= 11 is 0. The third kappa shape index (κ3) is 11.7. The van der Waals surface area contributed by atoms with E-state index >= 15 is 0 Å². The molecular weight excluding hydrogens is 787 g/mol. The topological polar surface area (TPSA) is 192 Å². The van der Waals surface area contributed by atoms with E-state index in [2.05, 4.69) is 25.8 Å². The Morgan fingerprint density at radius 2 is 1.70 bits per heavy atom. The summed E-state index contributed by atoms with van der Waals surface area (Å²) in [7, 11) is 0. The number of hydrogen-bond donors (Lipinski definition) is 3. The molecule has 5 rings (SSSR count). The number of nitrogens with zero attached hydrogens (tertiary/aromatic N) is 3. The number of rotatable bonds is 27. The SMILES string of the molecule is C=CCCOC(=O)N(CCOCCO)C1CC(=NOCc2ccc([N+](=O)[O-])cc2)C2=CC(CCCCO)C(CCCCO)C3c4cc(OCC=C)ccc4OC1(OCC=C)C23. The zero-order chi connectivity index (χ0) is 43.6. The highest BCUT2D eigenvalue weighted by atomic mass is 16.7. The van der Waals surface area contributed by atoms with Crippen LogP contribution in [0, 0.1) is 27.9 Å². The van der Waals surface area contributed by atoms with Crippen molar-refractivity contribution >= 4 is 17.5 Å². The molecule has 2 aliphatic carbocycles. The number of unbranched alkanes of at least 4 members (excludes halogenated alkanes) is 2. The van der Waals surface area contributed by atoms with Crippen LogP contribution in [-0.4, -0.2) is 108 Å². The molecule has 15 nitrogen and oxygen atoms in total. The Morgan fingerprint density at radius 3 is 2.39 bits per heavy atom. The predicted octanol–water partition coefficient (Wildman–Crippen LogP) is 7.02. The van der Waals surface area contributed by atoms with Crippen molar-refractivity contribution < 1.29 is 53.6 Å². The highest BCUT2D eigenvalue weighted by molar-refractivity contribution is 6.03. The number of aliphatic hydroxyl groups excluding tert-OH is 3. The summed E-state index contributed by atoms with van der Waals surface area (Å²) in [6.07, 6.45) is 11.4. The van der Waals surface area contributed by atoms with Crippen LogP contribution in [0.15, 0.2) is 97.2 Å². The Hall–Kier alpha value is -5.06. The van der Waals surface area contributed by atoms with Crippen molar-refractivity contribution in [2.75, 3.05) is 59.4 Å². The normalized spacial score (nSPS) is 23.1. The van der Waals surface area contributed by atoms with Gasteiger partial charge >= 0.3 is 6.09 Å². The van der Waals surface area contributed by atoms with Gasteiger partial charge in [-0.2, -0.15) is 0 Å². The van der Waals surface area contributed by atoms with Gasteiger partial charge in [0, 0.05) is 49.8 Å². The second-order valence-corrected chi connectivity index (χ2v) is 15.3. The highest BCUT2D eigenvalue weighted by Crippen LogP contribution is 2.62. The molecule has 3 aliphatic rings. The summed E-state index contributed by atoms with van der Waals surface area (Å²) in [5.74, 6) is -1.20. The average Bonchev–Trinajstić information content (AvgIpc) is 3.26. The lowest BCUT2D eigenvalue weighted by Crippen LogP contribution is -2.70. The van der Waals surface area contributed by atoms with E-state index in [4.69, 9.17) is 33.7 Å². The van der Waals surface area contributed by atoms with Gasteiger partial charge in [0.2, 0.25) is 5.79 Å². The number of fused-ring (bicyclic) bond motifs is 2. The summed E-state index contributed by atoms with van der Waals surface area (Å²) in [5, 5.41) is 45.4. The first-order chi connectivity index (χ1) is 29.8. The Morgan fingerprint density at radius 1 is 0.951 bits per heavy atom. The van der Waals surface area contributed by atoms with Gasteiger partial charge < -0.3 is 43.8 Å². The summed E-state index contributed by atoms with van der Waals surface area (Å²) in [5.41, 5.74) is 2.92. The van der Waals surface area contributed by atoms with E-state index in [0.717, 1.165) is 36.8 Å². The van der Waals surface area contributed by atoms with Crippen LogP contribution in [0.25, 0.3) is 0 Å². The maximum atomic E-state index is 14.4. The largest absolute Gasteiger partial charge is 0.490 e. The number of non-ortho nitro benzene ring substituents is 1. The van der Waals surface area contributed by atoms with Gasteiger partial charge in [0.1, 0.15) is 30.8 Å². The van der Waals surface area contributed by atoms with Crippen LogP contribution in [0.1, 0.15) is 68.4 Å². The lowest BCUT2D eigenvalue weighted by molar-refractivity contribution is -0.384. The minimum absolute atomic E-state index is 0.00516. The molecule has 0 aromatic heterocycles. The van der Waals surface area contributed by atoms with Crippen molar-refractivity contribution in [3.63, 3.8) is 0 Å². The molecule has 6 unspecified atom stereocenters. The molecular formula is C46H61N3O12. The van der Waals surface area contributed by atoms with E-state index in [1.807, 2.05) is 18.2 Å². The molecule has 0 bridgehead atoms. The van der Waals surface area contributed by atoms with E-state index in [0.29, 0.717) is 48.6 Å². The van der Waals surface area contributed by atoms with E-state index in [9.17, 15) is 30.2 Å². The summed E-state index contributed by atoms with van der Waals surface area (Å²) in [4.78, 5) is 32.9. The molecule has 61 heavy (non-hydrogen) atoms. The first-order valence-corrected chi connectivity index (χ1v) is 21.2. The quantitative estimate of drug-likeness (QED) is 0.0361. The monoisotopic (exact) mass is 847 g/mol. The summed E-state index contributed by atoms with van der Waals surface area (Å²) in [6.45, 7) is 12.1. The fourth-order valence-corrected chi connectivity index (χ4v) is 8.81. The first-order valence-electron chi connectivity index (χ1n) is 21.2. The number of allylic oxidation sites excluding steroid dienone is 1. The molecule has 6 atom stereocenters. The molecule has 1 aliphatic heterocycles. The van der Waals surface area contributed by atoms with Gasteiger partial charge in [0.15, 0.2) is 0 Å². The van der Waals surface area contributed by atoms with E-state index in [1.54, 1.807) is 35.3 Å². The van der Waals surface area contributed by atoms with Crippen LogP contribution in [-0.2, 0) is 25.7 Å². The minimum atomic E-state index is -1.53. The molecule has 0 spiro atoms. The van der Waals surface area contributed by atoms with Gasteiger partial charge in [-0.15, -0.1) is 13.2 Å². The van der Waals surface area contributed by atoms with Crippen LogP contribution >= 0.6 is 0 Å². The van der Waals surface area contributed by atoms with Crippen LogP contribution in [0.5, 0.6) is 11.5 Å². The van der Waals surface area contributed by atoms with Crippen LogP contribution in [0.4, 0.5) is 10.5 Å². The van der Waals surface area contributed by atoms with Crippen molar-refractivity contribution in [3.8, 4) is 11.5 Å². The molecule has 1 amide bonds. The zero-order valence-electron chi connectivity index (χ0n) is 34.9. The Balaban J connectivity index is 1.75. The predicted molar refractivity (Wildman–Crippen MR) is 229 cm³/mol. The average molecular weight is 848 g/mol. The molecule has 1 heterocycles. The Labute approximate surface area is 358 Å². The third-order valence-corrected chi connectivity index (χ3v) is 11.4. The zero-order valence-corrected chi connectivity index (χ0v) is 34.9. The third-order valence-electron chi connectivity index (χ3n) is 11.4. The number of carbonyl (C=O) groups is 1. The smallest absolute Gasteiger partial charge is 0.410 e. The van der Waals surface area contributed by atoms with E-state index < -0.39 is 28.8 Å². The van der Waals surface area contributed by atoms with Crippen molar-refractivity contribution in [2.45, 2.75) is 75.7 Å². The van der Waals surface area contributed by atoms with Gasteiger partial charge in [-0.25, -0.2) is 4.79 Å². The van der Waals surface area contributed by atoms with E-state index in [1.165, 1.54) is 12.1 Å². The summed E-state index contributed by atoms with van der Waals surface area (Å²) < 4.78 is 31.8. The Bertz CT molecular complexity index is 1830. The molecule has 2 aromatic carbocycles. The second kappa shape index (κ2) is 23.8. The fraction of sp³-hybridized carbons (Fsp3) is 0.522. The first kappa shape index (κ1) is 47.0. The van der Waals surface area contributed by atoms with Crippen LogP contribution < -0.4 is 9.47 Å². The maximum Gasteiger partial charge on any atom is 0.410 e. The summed E-state index contributed by atoms with van der Waals surface area (Å²) in [6, 6.07) is 10.9. The highest BCUT2D eigenvalue weighted by Gasteiger charge is 2.65.